The highest BCUT2D eigenvalue weighted by Crippen LogP contribution is 2.22. The lowest BCUT2D eigenvalue weighted by Crippen LogP contribution is -2.50. The van der Waals surface area contributed by atoms with Crippen molar-refractivity contribution >= 4 is 17.7 Å². The first-order chi connectivity index (χ1) is 10.6. The molecule has 1 fully saturated rings. The zero-order valence-electron chi connectivity index (χ0n) is 12.4. The first-order valence-corrected chi connectivity index (χ1v) is 7.19. The normalized spacial score (nSPS) is 18.8. The molecular weight excluding hydrogens is 286 g/mol. The van der Waals surface area contributed by atoms with Crippen LogP contribution in [0.1, 0.15) is 12.5 Å². The fraction of sp³-hybridized carbons (Fsp3) is 0.400. The molecule has 0 saturated carbocycles. The maximum Gasteiger partial charge on any atom is 0.335 e. The lowest BCUT2D eigenvalue weighted by atomic mass is 10.0. The van der Waals surface area contributed by atoms with Crippen molar-refractivity contribution in [3.63, 3.8) is 0 Å². The summed E-state index contributed by atoms with van der Waals surface area (Å²) in [5, 5.41) is 17.5. The van der Waals surface area contributed by atoms with Gasteiger partial charge in [-0.25, -0.2) is 4.79 Å². The van der Waals surface area contributed by atoms with Crippen LogP contribution in [-0.4, -0.2) is 43.2 Å². The number of nitrogens with one attached hydrogen (secondary N) is 2. The van der Waals surface area contributed by atoms with Crippen LogP contribution in [0.3, 0.4) is 0 Å². The van der Waals surface area contributed by atoms with Gasteiger partial charge in [-0.15, -0.1) is 0 Å². The molecule has 1 heterocycles. The Bertz CT molecular complexity index is 580. The van der Waals surface area contributed by atoms with Gasteiger partial charge in [0.1, 0.15) is 0 Å². The van der Waals surface area contributed by atoms with Gasteiger partial charge in [-0.2, -0.15) is 0 Å². The Morgan fingerprint density at radius 2 is 2.23 bits per heavy atom. The van der Waals surface area contributed by atoms with Gasteiger partial charge in [-0.05, 0) is 19.1 Å². The second-order valence-corrected chi connectivity index (χ2v) is 4.85. The van der Waals surface area contributed by atoms with E-state index in [9.17, 15) is 14.9 Å². The summed E-state index contributed by atoms with van der Waals surface area (Å²) >= 11 is 0. The molecule has 1 aromatic rings. The summed E-state index contributed by atoms with van der Waals surface area (Å²) in [5.74, 6) is -0.457. The summed E-state index contributed by atoms with van der Waals surface area (Å²) < 4.78 is 5.08. The quantitative estimate of drug-likeness (QED) is 0.366. The molecule has 1 atom stereocenters. The van der Waals surface area contributed by atoms with Gasteiger partial charge in [0.2, 0.25) is 0 Å². The van der Waals surface area contributed by atoms with E-state index < -0.39 is 10.9 Å². The number of ether oxygens (including phenoxy) is 1. The van der Waals surface area contributed by atoms with E-state index in [1.54, 1.807) is 31.2 Å². The monoisotopic (exact) mass is 305 g/mol. The highest BCUT2D eigenvalue weighted by Gasteiger charge is 2.25. The molecule has 2 rings (SSSR count). The van der Waals surface area contributed by atoms with Gasteiger partial charge >= 0.3 is 5.97 Å². The molecule has 0 bridgehead atoms. The highest BCUT2D eigenvalue weighted by molar-refractivity contribution is 5.95. The molecule has 7 heteroatoms. The number of rotatable bonds is 5. The molecule has 7 nitrogen and oxygen atoms in total. The summed E-state index contributed by atoms with van der Waals surface area (Å²) in [5.41, 5.74) is 0.749. The lowest BCUT2D eigenvalue weighted by molar-refractivity contribution is -0.385. The molecule has 0 amide bonds. The average Bonchev–Trinajstić information content (AvgIpc) is 2.53. The van der Waals surface area contributed by atoms with E-state index in [0.717, 1.165) is 13.1 Å². The molecule has 0 aromatic heterocycles. The van der Waals surface area contributed by atoms with E-state index in [2.05, 4.69) is 10.6 Å². The van der Waals surface area contributed by atoms with Gasteiger partial charge in [-0.1, -0.05) is 12.1 Å². The van der Waals surface area contributed by atoms with Gasteiger partial charge in [0.05, 0.1) is 28.7 Å². The molecule has 0 spiro atoms. The van der Waals surface area contributed by atoms with Crippen molar-refractivity contribution in [2.45, 2.75) is 13.0 Å². The van der Waals surface area contributed by atoms with E-state index in [1.807, 2.05) is 0 Å². The zero-order valence-corrected chi connectivity index (χ0v) is 12.4. The highest BCUT2D eigenvalue weighted by atomic mass is 16.6. The number of para-hydroxylation sites is 1. The largest absolute Gasteiger partial charge is 0.463 e. The van der Waals surface area contributed by atoms with Crippen LogP contribution in [0.15, 0.2) is 29.8 Å². The maximum absolute atomic E-state index is 12.2. The van der Waals surface area contributed by atoms with Crippen LogP contribution in [-0.2, 0) is 9.53 Å². The van der Waals surface area contributed by atoms with Crippen LogP contribution in [0.4, 0.5) is 5.69 Å². The van der Waals surface area contributed by atoms with Crippen LogP contribution in [0.2, 0.25) is 0 Å². The minimum Gasteiger partial charge on any atom is -0.463 e. The number of nitro benzene ring substituents is 1. The molecular formula is C15H19N3O4. The Balaban J connectivity index is 2.39. The van der Waals surface area contributed by atoms with E-state index in [4.69, 9.17) is 4.74 Å². The third-order valence-electron chi connectivity index (χ3n) is 3.37. The van der Waals surface area contributed by atoms with Crippen molar-refractivity contribution in [2.75, 3.05) is 26.2 Å². The zero-order chi connectivity index (χ0) is 15.9. The number of nitro groups is 1. The van der Waals surface area contributed by atoms with Crippen molar-refractivity contribution in [3.8, 4) is 0 Å². The number of nitrogens with zero attached hydrogens (tertiary/aromatic N) is 1. The average molecular weight is 305 g/mol. The molecule has 1 saturated heterocycles. The van der Waals surface area contributed by atoms with Crippen molar-refractivity contribution in [3.05, 3.63) is 45.5 Å². The molecule has 2 N–H and O–H groups in total. The summed E-state index contributed by atoms with van der Waals surface area (Å²) in [6.45, 7) is 4.10. The van der Waals surface area contributed by atoms with Crippen molar-refractivity contribution in [2.24, 2.45) is 0 Å². The molecule has 0 aliphatic carbocycles. The Morgan fingerprint density at radius 1 is 1.45 bits per heavy atom. The van der Waals surface area contributed by atoms with Crippen molar-refractivity contribution in [1.29, 1.82) is 0 Å². The standard InChI is InChI=1S/C15H19N3O4/c1-2-22-15(19)12(13-10-16-7-8-17-13)9-11-5-3-4-6-14(11)18(20)21/h3-6,9,13,16-17H,2,7-8,10H2,1H3. The second-order valence-electron chi connectivity index (χ2n) is 4.85. The van der Waals surface area contributed by atoms with E-state index >= 15 is 0 Å². The maximum atomic E-state index is 12.2. The number of hydrogen-bond donors (Lipinski definition) is 2. The topological polar surface area (TPSA) is 93.5 Å². The van der Waals surface area contributed by atoms with Crippen LogP contribution in [0, 0.1) is 10.1 Å². The number of piperazine rings is 1. The summed E-state index contributed by atoms with van der Waals surface area (Å²) in [4.78, 5) is 22.8. The van der Waals surface area contributed by atoms with Crippen molar-refractivity contribution < 1.29 is 14.5 Å². The van der Waals surface area contributed by atoms with Gasteiger partial charge in [0, 0.05) is 25.7 Å². The second kappa shape index (κ2) is 7.67. The van der Waals surface area contributed by atoms with Crippen LogP contribution < -0.4 is 10.6 Å². The Kier molecular flexibility index (Phi) is 5.62. The van der Waals surface area contributed by atoms with Gasteiger partial charge in [-0.3, -0.25) is 10.1 Å². The van der Waals surface area contributed by atoms with Gasteiger partial charge in [0.25, 0.3) is 5.69 Å². The molecule has 1 aliphatic heterocycles. The number of hydrogen-bond acceptors (Lipinski definition) is 6. The number of benzene rings is 1. The Labute approximate surface area is 128 Å². The minimum absolute atomic E-state index is 0.0342. The third kappa shape index (κ3) is 3.90. The van der Waals surface area contributed by atoms with Gasteiger partial charge in [0.15, 0.2) is 0 Å². The SMILES string of the molecule is CCOC(=O)C(=Cc1ccccc1[N+](=O)[O-])C1CNCCN1. The third-order valence-corrected chi connectivity index (χ3v) is 3.37. The number of carbonyl (C=O) groups excluding carboxylic acids is 1. The van der Waals surface area contributed by atoms with E-state index in [1.165, 1.54) is 6.07 Å². The minimum atomic E-state index is -0.457. The van der Waals surface area contributed by atoms with Crippen LogP contribution >= 0.6 is 0 Å². The van der Waals surface area contributed by atoms with Crippen LogP contribution in [0.5, 0.6) is 0 Å². The predicted molar refractivity (Wildman–Crippen MR) is 82.4 cm³/mol. The molecule has 1 unspecified atom stereocenters. The van der Waals surface area contributed by atoms with Crippen molar-refractivity contribution in [1.82, 2.24) is 10.6 Å². The summed E-state index contributed by atoms with van der Waals surface area (Å²) in [6.07, 6.45) is 1.54. The molecule has 22 heavy (non-hydrogen) atoms. The van der Waals surface area contributed by atoms with E-state index in [-0.39, 0.29) is 18.3 Å². The first kappa shape index (κ1) is 16.1. The first-order valence-electron chi connectivity index (χ1n) is 7.19. The number of carbonyl (C=O) groups is 1. The summed E-state index contributed by atoms with van der Waals surface area (Å²) in [6, 6.07) is 6.11. The molecule has 1 aromatic carbocycles. The Morgan fingerprint density at radius 3 is 2.86 bits per heavy atom. The Hall–Kier alpha value is -2.25. The number of esters is 1. The van der Waals surface area contributed by atoms with Gasteiger partial charge < -0.3 is 15.4 Å². The fourth-order valence-corrected chi connectivity index (χ4v) is 2.33. The smallest absolute Gasteiger partial charge is 0.335 e. The predicted octanol–water partition coefficient (Wildman–Crippen LogP) is 1.10. The van der Waals surface area contributed by atoms with E-state index in [0.29, 0.717) is 17.7 Å². The lowest BCUT2D eigenvalue weighted by Gasteiger charge is -2.26. The summed E-state index contributed by atoms with van der Waals surface area (Å²) in [7, 11) is 0. The van der Waals surface area contributed by atoms with Crippen LogP contribution in [0.25, 0.3) is 6.08 Å². The fourth-order valence-electron chi connectivity index (χ4n) is 2.33. The molecule has 118 valence electrons. The molecule has 1 aliphatic rings. The molecule has 0 radical (unpaired) electrons.